The largest absolute Gasteiger partial charge is 0.497 e. The second-order valence-corrected chi connectivity index (χ2v) is 7.19. The monoisotopic (exact) mass is 384 g/mol. The molecule has 0 spiro atoms. The van der Waals surface area contributed by atoms with Crippen LogP contribution in [0.25, 0.3) is 10.9 Å². The molecule has 0 radical (unpaired) electrons. The van der Waals surface area contributed by atoms with Gasteiger partial charge in [-0.25, -0.2) is 4.79 Å². The maximum Gasteiger partial charge on any atom is 0.331 e. The molecule has 4 N–H and O–H groups in total. The number of ether oxygens (including phenoxy) is 1. The number of benzene rings is 1. The van der Waals surface area contributed by atoms with Crippen molar-refractivity contribution in [3.05, 3.63) is 55.9 Å². The Bertz CT molecular complexity index is 1160. The van der Waals surface area contributed by atoms with Crippen LogP contribution in [0.15, 0.2) is 27.8 Å². The molecule has 0 saturated carbocycles. The van der Waals surface area contributed by atoms with E-state index < -0.39 is 17.3 Å². The van der Waals surface area contributed by atoms with Crippen LogP contribution < -0.4 is 21.3 Å². The highest BCUT2D eigenvalue weighted by atomic mass is 16.5. The Morgan fingerprint density at radius 1 is 1.32 bits per heavy atom. The van der Waals surface area contributed by atoms with Crippen molar-refractivity contribution in [2.24, 2.45) is 0 Å². The van der Waals surface area contributed by atoms with Crippen LogP contribution >= 0.6 is 0 Å². The standard InChI is InChI=1S/C20H24N4O4/c1-4-10(2)24-19(26)15(18(25)23-20(24)27)17-16-12(7-8-21-17)13-9-11(28-3)5-6-14(13)22-16/h5-6,9-10,17,21-22,26H,4,7-8H2,1-3H3,(H,23,25,27)/t10-,17+/m1/s1. The molecule has 4 rings (SSSR count). The Morgan fingerprint density at radius 2 is 2.11 bits per heavy atom. The molecule has 8 heteroatoms. The zero-order chi connectivity index (χ0) is 20.0. The molecule has 1 aromatic carbocycles. The SMILES string of the molecule is CC[C@@H](C)n1c(O)c([C@@H]2NCCc3c2[nH]c2ccc(OC)cc32)c(=O)[nH]c1=O. The fourth-order valence-corrected chi connectivity index (χ4v) is 3.98. The molecule has 1 aliphatic heterocycles. The molecular formula is C20H24N4O4. The minimum atomic E-state index is -0.599. The van der Waals surface area contributed by atoms with Gasteiger partial charge in [0, 0.05) is 29.2 Å². The number of aromatic amines is 2. The van der Waals surface area contributed by atoms with Crippen LogP contribution in [0, 0.1) is 0 Å². The first-order chi connectivity index (χ1) is 13.5. The van der Waals surface area contributed by atoms with E-state index in [4.69, 9.17) is 4.74 Å². The molecule has 0 unspecified atom stereocenters. The van der Waals surface area contributed by atoms with E-state index in [9.17, 15) is 14.7 Å². The summed E-state index contributed by atoms with van der Waals surface area (Å²) in [7, 11) is 1.63. The van der Waals surface area contributed by atoms with E-state index in [-0.39, 0.29) is 17.5 Å². The number of nitrogens with zero attached hydrogens (tertiary/aromatic N) is 1. The van der Waals surface area contributed by atoms with E-state index in [0.29, 0.717) is 13.0 Å². The summed E-state index contributed by atoms with van der Waals surface area (Å²) >= 11 is 0. The van der Waals surface area contributed by atoms with Gasteiger partial charge in [0.1, 0.15) is 11.3 Å². The van der Waals surface area contributed by atoms with Gasteiger partial charge < -0.3 is 20.1 Å². The zero-order valence-corrected chi connectivity index (χ0v) is 16.1. The lowest BCUT2D eigenvalue weighted by atomic mass is 9.95. The predicted molar refractivity (Wildman–Crippen MR) is 106 cm³/mol. The predicted octanol–water partition coefficient (Wildman–Crippen LogP) is 1.94. The summed E-state index contributed by atoms with van der Waals surface area (Å²) in [4.78, 5) is 30.6. The molecule has 8 nitrogen and oxygen atoms in total. The smallest absolute Gasteiger partial charge is 0.331 e. The van der Waals surface area contributed by atoms with Gasteiger partial charge in [0.2, 0.25) is 5.88 Å². The highest BCUT2D eigenvalue weighted by Crippen LogP contribution is 2.36. The molecule has 0 amide bonds. The topological polar surface area (TPSA) is 112 Å². The van der Waals surface area contributed by atoms with Crippen LogP contribution in [0.1, 0.15) is 49.2 Å². The molecule has 0 saturated heterocycles. The number of hydrogen-bond donors (Lipinski definition) is 4. The molecule has 28 heavy (non-hydrogen) atoms. The average molecular weight is 384 g/mol. The Balaban J connectivity index is 1.94. The maximum absolute atomic E-state index is 12.6. The van der Waals surface area contributed by atoms with Crippen LogP contribution in [0.3, 0.4) is 0 Å². The van der Waals surface area contributed by atoms with Gasteiger partial charge in [-0.3, -0.25) is 14.3 Å². The third-order valence-corrected chi connectivity index (χ3v) is 5.63. The Kier molecular flexibility index (Phi) is 4.50. The van der Waals surface area contributed by atoms with E-state index in [2.05, 4.69) is 15.3 Å². The molecular weight excluding hydrogens is 360 g/mol. The number of H-pyrrole nitrogens is 2. The van der Waals surface area contributed by atoms with Gasteiger partial charge in [0.05, 0.1) is 13.2 Å². The molecule has 2 atom stereocenters. The lowest BCUT2D eigenvalue weighted by Gasteiger charge is -2.26. The molecule has 0 aliphatic carbocycles. The van der Waals surface area contributed by atoms with Gasteiger partial charge in [0.15, 0.2) is 0 Å². The molecule has 3 aromatic rings. The van der Waals surface area contributed by atoms with Crippen LogP contribution in [-0.4, -0.2) is 33.3 Å². The number of rotatable bonds is 4. The summed E-state index contributed by atoms with van der Waals surface area (Å²) < 4.78 is 6.59. The molecule has 0 fully saturated rings. The minimum Gasteiger partial charge on any atom is -0.497 e. The fourth-order valence-electron chi connectivity index (χ4n) is 3.98. The second-order valence-electron chi connectivity index (χ2n) is 7.19. The van der Waals surface area contributed by atoms with E-state index in [1.54, 1.807) is 7.11 Å². The van der Waals surface area contributed by atoms with Gasteiger partial charge in [-0.2, -0.15) is 0 Å². The summed E-state index contributed by atoms with van der Waals surface area (Å²) in [6.45, 7) is 4.39. The van der Waals surface area contributed by atoms with E-state index in [1.165, 1.54) is 4.57 Å². The molecule has 148 valence electrons. The van der Waals surface area contributed by atoms with Gasteiger partial charge in [-0.05, 0) is 43.5 Å². The maximum atomic E-state index is 12.6. The van der Waals surface area contributed by atoms with Crippen molar-refractivity contribution >= 4 is 10.9 Å². The number of methoxy groups -OCH3 is 1. The van der Waals surface area contributed by atoms with E-state index >= 15 is 0 Å². The molecule has 3 heterocycles. The van der Waals surface area contributed by atoms with Crippen LogP contribution in [0.4, 0.5) is 0 Å². The first kappa shape index (κ1) is 18.4. The Morgan fingerprint density at radius 3 is 2.82 bits per heavy atom. The quantitative estimate of drug-likeness (QED) is 0.549. The van der Waals surface area contributed by atoms with Gasteiger partial charge in [0.25, 0.3) is 5.56 Å². The van der Waals surface area contributed by atoms with Crippen LogP contribution in [-0.2, 0) is 6.42 Å². The number of aromatic nitrogens is 3. The summed E-state index contributed by atoms with van der Waals surface area (Å²) in [5, 5.41) is 15.2. The summed E-state index contributed by atoms with van der Waals surface area (Å²) in [5.41, 5.74) is 1.81. The number of aromatic hydroxyl groups is 1. The normalized spacial score (nSPS) is 17.5. The summed E-state index contributed by atoms with van der Waals surface area (Å²) in [6.07, 6.45) is 1.43. The molecule has 2 aromatic heterocycles. The lowest BCUT2D eigenvalue weighted by Crippen LogP contribution is -2.39. The van der Waals surface area contributed by atoms with Crippen molar-refractivity contribution in [2.75, 3.05) is 13.7 Å². The summed E-state index contributed by atoms with van der Waals surface area (Å²) in [6, 6.07) is 5.00. The summed E-state index contributed by atoms with van der Waals surface area (Å²) in [5.74, 6) is 0.472. The molecule has 0 bridgehead atoms. The van der Waals surface area contributed by atoms with E-state index in [1.807, 2.05) is 32.0 Å². The molecule has 1 aliphatic rings. The minimum absolute atomic E-state index is 0.152. The van der Waals surface area contributed by atoms with Crippen molar-refractivity contribution in [1.29, 1.82) is 0 Å². The Labute approximate surface area is 161 Å². The fraction of sp³-hybridized carbons (Fsp3) is 0.400. The van der Waals surface area contributed by atoms with Crippen molar-refractivity contribution in [3.8, 4) is 11.6 Å². The average Bonchev–Trinajstić information content (AvgIpc) is 3.06. The first-order valence-electron chi connectivity index (χ1n) is 9.45. The van der Waals surface area contributed by atoms with Crippen molar-refractivity contribution < 1.29 is 9.84 Å². The number of hydrogen-bond acceptors (Lipinski definition) is 5. The number of nitrogens with one attached hydrogen (secondary N) is 3. The van der Waals surface area contributed by atoms with Crippen molar-refractivity contribution in [2.45, 2.75) is 38.8 Å². The van der Waals surface area contributed by atoms with Gasteiger partial charge >= 0.3 is 5.69 Å². The lowest BCUT2D eigenvalue weighted by molar-refractivity contribution is 0.353. The van der Waals surface area contributed by atoms with Gasteiger partial charge in [-0.1, -0.05) is 6.92 Å². The van der Waals surface area contributed by atoms with E-state index in [0.717, 1.165) is 34.3 Å². The Hall–Kier alpha value is -3.00. The highest BCUT2D eigenvalue weighted by molar-refractivity contribution is 5.86. The van der Waals surface area contributed by atoms with Crippen LogP contribution in [0.2, 0.25) is 0 Å². The zero-order valence-electron chi connectivity index (χ0n) is 16.1. The van der Waals surface area contributed by atoms with Gasteiger partial charge in [-0.15, -0.1) is 0 Å². The van der Waals surface area contributed by atoms with Crippen LogP contribution in [0.5, 0.6) is 11.6 Å². The van der Waals surface area contributed by atoms with Crippen molar-refractivity contribution in [1.82, 2.24) is 19.9 Å². The number of fused-ring (bicyclic) bond motifs is 3. The first-order valence-corrected chi connectivity index (χ1v) is 9.45. The second kappa shape index (κ2) is 6.87. The third-order valence-electron chi connectivity index (χ3n) is 5.63. The van der Waals surface area contributed by atoms with Crippen molar-refractivity contribution in [3.63, 3.8) is 0 Å². The third kappa shape index (κ3) is 2.72. The highest BCUT2D eigenvalue weighted by Gasteiger charge is 2.31.